The van der Waals surface area contributed by atoms with Gasteiger partial charge in [0.05, 0.1) is 5.92 Å². The van der Waals surface area contributed by atoms with Crippen LogP contribution in [0.4, 0.5) is 0 Å². The summed E-state index contributed by atoms with van der Waals surface area (Å²) in [4.78, 5) is 11.6. The van der Waals surface area contributed by atoms with Crippen molar-refractivity contribution < 1.29 is 13.9 Å². The molecule has 1 saturated carbocycles. The summed E-state index contributed by atoms with van der Waals surface area (Å²) in [6.07, 6.45) is 0.901. The van der Waals surface area contributed by atoms with E-state index in [1.807, 2.05) is 6.92 Å². The number of carbonyl (C=O) groups is 1. The van der Waals surface area contributed by atoms with Crippen LogP contribution < -0.4 is 0 Å². The van der Waals surface area contributed by atoms with Gasteiger partial charge in [0.1, 0.15) is 0 Å². The Labute approximate surface area is 120 Å². The maximum absolute atomic E-state index is 11.6. The highest BCUT2D eigenvalue weighted by Crippen LogP contribution is 2.38. The molecule has 1 heterocycles. The van der Waals surface area contributed by atoms with Crippen molar-refractivity contribution in [2.75, 3.05) is 0 Å². The molecule has 1 fully saturated rings. The number of aromatic nitrogens is 2. The van der Waals surface area contributed by atoms with Crippen LogP contribution in [0.2, 0.25) is 5.02 Å². The Morgan fingerprint density at radius 3 is 2.75 bits per heavy atom. The Morgan fingerprint density at radius 2 is 2.10 bits per heavy atom. The Hall–Kier alpha value is -1.88. The molecule has 2 aromatic rings. The van der Waals surface area contributed by atoms with Gasteiger partial charge in [0.25, 0.3) is 5.89 Å². The molecule has 2 unspecified atom stereocenters. The first-order valence-corrected chi connectivity index (χ1v) is 6.76. The molecule has 0 bridgehead atoms. The number of benzene rings is 1. The molecule has 0 amide bonds. The molecule has 3 rings (SSSR count). The lowest BCUT2D eigenvalue weighted by atomic mass is 10.2. The van der Waals surface area contributed by atoms with Crippen molar-refractivity contribution in [2.24, 2.45) is 11.8 Å². The van der Waals surface area contributed by atoms with Crippen LogP contribution in [0.15, 0.2) is 28.7 Å². The van der Waals surface area contributed by atoms with Crippen LogP contribution in [0.25, 0.3) is 11.5 Å². The van der Waals surface area contributed by atoms with Crippen molar-refractivity contribution in [1.29, 1.82) is 0 Å². The molecule has 20 heavy (non-hydrogen) atoms. The fourth-order valence-corrected chi connectivity index (χ4v) is 2.04. The highest BCUT2D eigenvalue weighted by Gasteiger charge is 2.40. The minimum atomic E-state index is -0.191. The predicted molar refractivity (Wildman–Crippen MR) is 71.8 cm³/mol. The van der Waals surface area contributed by atoms with Crippen molar-refractivity contribution in [3.8, 4) is 11.5 Å². The Balaban J connectivity index is 1.62. The van der Waals surface area contributed by atoms with Crippen LogP contribution in [0, 0.1) is 11.8 Å². The minimum Gasteiger partial charge on any atom is -0.455 e. The van der Waals surface area contributed by atoms with Crippen molar-refractivity contribution in [2.45, 2.75) is 20.0 Å². The molecule has 0 radical (unpaired) electrons. The Morgan fingerprint density at radius 1 is 1.40 bits per heavy atom. The third-order valence-corrected chi connectivity index (χ3v) is 3.56. The van der Waals surface area contributed by atoms with E-state index in [9.17, 15) is 4.79 Å². The monoisotopic (exact) mass is 292 g/mol. The predicted octanol–water partition coefficient (Wildman–Crippen LogP) is 3.09. The minimum absolute atomic E-state index is 0.0165. The van der Waals surface area contributed by atoms with E-state index >= 15 is 0 Å². The summed E-state index contributed by atoms with van der Waals surface area (Å²) in [5, 5.41) is 8.42. The van der Waals surface area contributed by atoms with E-state index in [-0.39, 0.29) is 24.4 Å². The topological polar surface area (TPSA) is 65.2 Å². The van der Waals surface area contributed by atoms with Gasteiger partial charge in [-0.1, -0.05) is 18.5 Å². The molecule has 1 aromatic carbocycles. The zero-order chi connectivity index (χ0) is 14.1. The van der Waals surface area contributed by atoms with E-state index in [0.717, 1.165) is 12.0 Å². The van der Waals surface area contributed by atoms with Crippen molar-refractivity contribution in [1.82, 2.24) is 10.2 Å². The van der Waals surface area contributed by atoms with Crippen molar-refractivity contribution in [3.05, 3.63) is 35.2 Å². The lowest BCUT2D eigenvalue weighted by molar-refractivity contribution is -0.147. The van der Waals surface area contributed by atoms with E-state index in [2.05, 4.69) is 10.2 Å². The van der Waals surface area contributed by atoms with Crippen LogP contribution >= 0.6 is 11.6 Å². The quantitative estimate of drug-likeness (QED) is 0.810. The summed E-state index contributed by atoms with van der Waals surface area (Å²) < 4.78 is 10.6. The van der Waals surface area contributed by atoms with Gasteiger partial charge in [-0.2, -0.15) is 0 Å². The number of esters is 1. The molecule has 104 valence electrons. The number of carbonyl (C=O) groups excluding carboxylic acids is 1. The summed E-state index contributed by atoms with van der Waals surface area (Å²) in [5.41, 5.74) is 0.773. The second kappa shape index (κ2) is 5.25. The average molecular weight is 293 g/mol. The molecule has 6 heteroatoms. The summed E-state index contributed by atoms with van der Waals surface area (Å²) in [7, 11) is 0. The fourth-order valence-electron chi connectivity index (χ4n) is 1.91. The van der Waals surface area contributed by atoms with Crippen LogP contribution in [0.5, 0.6) is 0 Å². The van der Waals surface area contributed by atoms with Gasteiger partial charge in [0.15, 0.2) is 6.61 Å². The largest absolute Gasteiger partial charge is 0.455 e. The zero-order valence-corrected chi connectivity index (χ0v) is 11.6. The third kappa shape index (κ3) is 2.82. The van der Waals surface area contributed by atoms with Crippen LogP contribution in [0.1, 0.15) is 19.2 Å². The highest BCUT2D eigenvalue weighted by molar-refractivity contribution is 6.30. The maximum atomic E-state index is 11.6. The fraction of sp³-hybridized carbons (Fsp3) is 0.357. The normalized spacial score (nSPS) is 20.7. The van der Waals surface area contributed by atoms with E-state index in [4.69, 9.17) is 20.8 Å². The first kappa shape index (κ1) is 13.1. The third-order valence-electron chi connectivity index (χ3n) is 3.31. The van der Waals surface area contributed by atoms with E-state index < -0.39 is 0 Å². The van der Waals surface area contributed by atoms with Crippen LogP contribution in [-0.2, 0) is 16.1 Å². The van der Waals surface area contributed by atoms with E-state index in [0.29, 0.717) is 16.8 Å². The zero-order valence-electron chi connectivity index (χ0n) is 10.9. The van der Waals surface area contributed by atoms with Crippen molar-refractivity contribution in [3.63, 3.8) is 0 Å². The van der Waals surface area contributed by atoms with Gasteiger partial charge >= 0.3 is 5.97 Å². The van der Waals surface area contributed by atoms with Gasteiger partial charge in [-0.3, -0.25) is 4.79 Å². The first-order chi connectivity index (χ1) is 9.63. The number of nitrogens with zero attached hydrogens (tertiary/aromatic N) is 2. The van der Waals surface area contributed by atoms with Gasteiger partial charge in [0, 0.05) is 10.6 Å². The van der Waals surface area contributed by atoms with Crippen LogP contribution in [-0.4, -0.2) is 16.2 Å². The van der Waals surface area contributed by atoms with Gasteiger partial charge in [-0.15, -0.1) is 10.2 Å². The molecule has 0 spiro atoms. The molecular formula is C14H13ClN2O3. The molecular weight excluding hydrogens is 280 g/mol. The van der Waals surface area contributed by atoms with Crippen molar-refractivity contribution >= 4 is 17.6 Å². The Bertz CT molecular complexity index is 624. The number of hydrogen-bond donors (Lipinski definition) is 0. The molecule has 1 aliphatic carbocycles. The van der Waals surface area contributed by atoms with E-state index in [1.54, 1.807) is 24.3 Å². The summed E-state index contributed by atoms with van der Waals surface area (Å²) in [6, 6.07) is 7.07. The van der Waals surface area contributed by atoms with Gasteiger partial charge in [0.2, 0.25) is 5.89 Å². The molecule has 5 nitrogen and oxygen atoms in total. The van der Waals surface area contributed by atoms with Gasteiger partial charge in [-0.05, 0) is 36.6 Å². The van der Waals surface area contributed by atoms with Crippen LogP contribution in [0.3, 0.4) is 0 Å². The highest BCUT2D eigenvalue weighted by atomic mass is 35.5. The lowest BCUT2D eigenvalue weighted by Crippen LogP contribution is -2.07. The first-order valence-electron chi connectivity index (χ1n) is 6.38. The molecule has 0 saturated heterocycles. The molecule has 2 atom stereocenters. The number of rotatable bonds is 4. The summed E-state index contributed by atoms with van der Waals surface area (Å²) in [6.45, 7) is 2.04. The number of ether oxygens (including phenoxy) is 1. The number of hydrogen-bond acceptors (Lipinski definition) is 5. The average Bonchev–Trinajstić information content (AvgIpc) is 3.00. The maximum Gasteiger partial charge on any atom is 0.309 e. The standard InChI is InChI=1S/C14H13ClN2O3/c1-8-6-11(8)14(18)19-7-12-16-17-13(20-12)9-2-4-10(15)5-3-9/h2-5,8,11H,6-7H2,1H3. The second-order valence-corrected chi connectivity index (χ2v) is 5.37. The second-order valence-electron chi connectivity index (χ2n) is 4.94. The summed E-state index contributed by atoms with van der Waals surface area (Å²) in [5.74, 6) is 0.941. The SMILES string of the molecule is CC1CC1C(=O)OCc1nnc(-c2ccc(Cl)cc2)o1. The van der Waals surface area contributed by atoms with Gasteiger partial charge in [-0.25, -0.2) is 0 Å². The smallest absolute Gasteiger partial charge is 0.309 e. The molecule has 0 N–H and O–H groups in total. The lowest BCUT2D eigenvalue weighted by Gasteiger charge is -1.99. The summed E-state index contributed by atoms with van der Waals surface area (Å²) >= 11 is 5.81. The molecule has 1 aromatic heterocycles. The van der Waals surface area contributed by atoms with Gasteiger partial charge < -0.3 is 9.15 Å². The van der Waals surface area contributed by atoms with E-state index in [1.165, 1.54) is 0 Å². The molecule has 0 aliphatic heterocycles. The number of halogens is 1. The Kier molecular flexibility index (Phi) is 3.44. The molecule has 1 aliphatic rings.